The zero-order chi connectivity index (χ0) is 12.4. The van der Waals surface area contributed by atoms with Gasteiger partial charge in [0.1, 0.15) is 0 Å². The van der Waals surface area contributed by atoms with Crippen molar-refractivity contribution in [2.75, 3.05) is 17.6 Å². The van der Waals surface area contributed by atoms with Gasteiger partial charge in [0.25, 0.3) is 0 Å². The fourth-order valence-electron chi connectivity index (χ4n) is 1.56. The standard InChI is InChI=1S/C12H14Br2N2S/c1-7-3-9(13)11(10(14)4-7)16-12-15-5-8(2)6-17-12/h3-4,8H,5-6H2,1-2H3,(H,15,16). The third-order valence-corrected chi connectivity index (χ3v) is 4.96. The van der Waals surface area contributed by atoms with Gasteiger partial charge in [-0.1, -0.05) is 18.7 Å². The molecule has 0 saturated carbocycles. The number of aryl methyl sites for hydroxylation is 1. The molecule has 17 heavy (non-hydrogen) atoms. The average molecular weight is 378 g/mol. The lowest BCUT2D eigenvalue weighted by Gasteiger charge is -2.19. The van der Waals surface area contributed by atoms with Gasteiger partial charge in [-0.3, -0.25) is 4.99 Å². The van der Waals surface area contributed by atoms with Gasteiger partial charge in [-0.2, -0.15) is 0 Å². The van der Waals surface area contributed by atoms with E-state index in [1.807, 2.05) is 0 Å². The molecule has 0 fully saturated rings. The number of nitrogens with one attached hydrogen (secondary N) is 1. The molecule has 0 spiro atoms. The van der Waals surface area contributed by atoms with Gasteiger partial charge in [0, 0.05) is 21.2 Å². The monoisotopic (exact) mass is 376 g/mol. The summed E-state index contributed by atoms with van der Waals surface area (Å²) in [6.07, 6.45) is 0. The maximum atomic E-state index is 4.54. The van der Waals surface area contributed by atoms with Gasteiger partial charge in [0.15, 0.2) is 5.17 Å². The smallest absolute Gasteiger partial charge is 0.161 e. The highest BCUT2D eigenvalue weighted by molar-refractivity contribution is 9.11. The van der Waals surface area contributed by atoms with Crippen LogP contribution in [0.4, 0.5) is 5.69 Å². The number of nitrogens with zero attached hydrogens (tertiary/aromatic N) is 1. The first-order chi connectivity index (χ1) is 8.06. The Morgan fingerprint density at radius 2 is 2.00 bits per heavy atom. The molecule has 0 radical (unpaired) electrons. The molecule has 92 valence electrons. The van der Waals surface area contributed by atoms with E-state index >= 15 is 0 Å². The molecule has 0 saturated heterocycles. The van der Waals surface area contributed by atoms with E-state index in [1.54, 1.807) is 11.8 Å². The second-order valence-electron chi connectivity index (χ2n) is 4.29. The van der Waals surface area contributed by atoms with Crippen molar-refractivity contribution in [3.8, 4) is 0 Å². The fourth-order valence-corrected chi connectivity index (χ4v) is 4.06. The number of aliphatic imine (C=N–C) groups is 1. The maximum absolute atomic E-state index is 4.54. The first-order valence-corrected chi connectivity index (χ1v) is 8.03. The number of halogens is 2. The van der Waals surface area contributed by atoms with Gasteiger partial charge >= 0.3 is 0 Å². The molecule has 1 aromatic carbocycles. The lowest BCUT2D eigenvalue weighted by Crippen LogP contribution is -2.19. The van der Waals surface area contributed by atoms with Crippen LogP contribution in [0.5, 0.6) is 0 Å². The summed E-state index contributed by atoms with van der Waals surface area (Å²) in [6.45, 7) is 5.22. The summed E-state index contributed by atoms with van der Waals surface area (Å²) in [7, 11) is 0. The summed E-state index contributed by atoms with van der Waals surface area (Å²) in [6, 6.07) is 4.20. The minimum absolute atomic E-state index is 0.676. The Kier molecular flexibility index (Phi) is 4.55. The van der Waals surface area contributed by atoms with Crippen LogP contribution in [-0.4, -0.2) is 17.5 Å². The predicted octanol–water partition coefficient (Wildman–Crippen LogP) is 4.67. The van der Waals surface area contributed by atoms with Crippen molar-refractivity contribution in [3.63, 3.8) is 0 Å². The number of amidine groups is 1. The lowest BCUT2D eigenvalue weighted by molar-refractivity contribution is 0.674. The van der Waals surface area contributed by atoms with Crippen molar-refractivity contribution in [2.45, 2.75) is 13.8 Å². The lowest BCUT2D eigenvalue weighted by atomic mass is 10.2. The topological polar surface area (TPSA) is 24.4 Å². The van der Waals surface area contributed by atoms with Crippen molar-refractivity contribution in [1.29, 1.82) is 0 Å². The molecule has 1 aromatic rings. The van der Waals surface area contributed by atoms with Crippen molar-refractivity contribution >= 4 is 54.5 Å². The molecule has 1 N–H and O–H groups in total. The van der Waals surface area contributed by atoms with E-state index < -0.39 is 0 Å². The van der Waals surface area contributed by atoms with E-state index in [-0.39, 0.29) is 0 Å². The average Bonchev–Trinajstić information content (AvgIpc) is 2.26. The summed E-state index contributed by atoms with van der Waals surface area (Å²) in [5, 5.41) is 4.39. The second-order valence-corrected chi connectivity index (χ2v) is 7.01. The zero-order valence-electron chi connectivity index (χ0n) is 9.76. The summed E-state index contributed by atoms with van der Waals surface area (Å²) < 4.78 is 2.12. The zero-order valence-corrected chi connectivity index (χ0v) is 13.7. The highest BCUT2D eigenvalue weighted by Crippen LogP contribution is 2.33. The van der Waals surface area contributed by atoms with Crippen LogP contribution in [0.2, 0.25) is 0 Å². The molecular formula is C12H14Br2N2S. The van der Waals surface area contributed by atoms with E-state index in [4.69, 9.17) is 0 Å². The molecule has 0 amide bonds. The van der Waals surface area contributed by atoms with E-state index in [9.17, 15) is 0 Å². The second kappa shape index (κ2) is 5.76. The van der Waals surface area contributed by atoms with Gasteiger partial charge in [-0.25, -0.2) is 0 Å². The summed E-state index contributed by atoms with van der Waals surface area (Å²) in [4.78, 5) is 4.54. The Morgan fingerprint density at radius 3 is 2.53 bits per heavy atom. The molecule has 2 rings (SSSR count). The van der Waals surface area contributed by atoms with Gasteiger partial charge < -0.3 is 5.32 Å². The molecule has 1 unspecified atom stereocenters. The SMILES string of the molecule is Cc1cc(Br)c(NC2=NCC(C)CS2)c(Br)c1. The van der Waals surface area contributed by atoms with Gasteiger partial charge in [-0.05, 0) is 62.4 Å². The molecule has 0 bridgehead atoms. The van der Waals surface area contributed by atoms with Crippen molar-refractivity contribution < 1.29 is 0 Å². The van der Waals surface area contributed by atoms with Crippen LogP contribution in [0.3, 0.4) is 0 Å². The van der Waals surface area contributed by atoms with Crippen LogP contribution in [0.25, 0.3) is 0 Å². The number of thioether (sulfide) groups is 1. The molecule has 0 aliphatic carbocycles. The molecule has 1 atom stereocenters. The van der Waals surface area contributed by atoms with Gasteiger partial charge in [0.05, 0.1) is 5.69 Å². The third kappa shape index (κ3) is 3.48. The molecular weight excluding hydrogens is 364 g/mol. The van der Waals surface area contributed by atoms with E-state index in [0.29, 0.717) is 5.92 Å². The Hall–Kier alpha value is -0.000000000000000111. The Labute approximate surface area is 123 Å². The quantitative estimate of drug-likeness (QED) is 0.768. The van der Waals surface area contributed by atoms with Crippen molar-refractivity contribution in [1.82, 2.24) is 0 Å². The summed E-state index contributed by atoms with van der Waals surface area (Å²) in [5.41, 5.74) is 2.28. The normalized spacial score (nSPS) is 20.0. The number of anilines is 1. The first-order valence-electron chi connectivity index (χ1n) is 5.46. The molecule has 2 nitrogen and oxygen atoms in total. The largest absolute Gasteiger partial charge is 0.333 e. The Morgan fingerprint density at radius 1 is 1.35 bits per heavy atom. The van der Waals surface area contributed by atoms with E-state index in [0.717, 1.165) is 32.1 Å². The Bertz CT molecular complexity index is 437. The maximum Gasteiger partial charge on any atom is 0.161 e. The van der Waals surface area contributed by atoms with E-state index in [1.165, 1.54) is 5.56 Å². The number of hydrogen-bond donors (Lipinski definition) is 1. The van der Waals surface area contributed by atoms with Crippen LogP contribution < -0.4 is 5.32 Å². The van der Waals surface area contributed by atoms with E-state index in [2.05, 4.69) is 68.1 Å². The predicted molar refractivity (Wildman–Crippen MR) is 84.1 cm³/mol. The number of rotatable bonds is 1. The van der Waals surface area contributed by atoms with Crippen LogP contribution in [-0.2, 0) is 0 Å². The van der Waals surface area contributed by atoms with Gasteiger partial charge in [-0.15, -0.1) is 0 Å². The molecule has 1 heterocycles. The highest BCUT2D eigenvalue weighted by atomic mass is 79.9. The van der Waals surface area contributed by atoms with Crippen molar-refractivity contribution in [3.05, 3.63) is 26.6 Å². The number of hydrogen-bond acceptors (Lipinski definition) is 3. The number of benzene rings is 1. The van der Waals surface area contributed by atoms with Crippen LogP contribution in [0, 0.1) is 12.8 Å². The fraction of sp³-hybridized carbons (Fsp3) is 0.417. The van der Waals surface area contributed by atoms with Gasteiger partial charge in [0.2, 0.25) is 0 Å². The molecule has 0 aromatic heterocycles. The van der Waals surface area contributed by atoms with Crippen LogP contribution in [0.1, 0.15) is 12.5 Å². The third-order valence-electron chi connectivity index (χ3n) is 2.47. The summed E-state index contributed by atoms with van der Waals surface area (Å²) >= 11 is 8.94. The van der Waals surface area contributed by atoms with Crippen LogP contribution >= 0.6 is 43.6 Å². The van der Waals surface area contributed by atoms with Crippen molar-refractivity contribution in [2.24, 2.45) is 10.9 Å². The molecule has 1 aliphatic rings. The van der Waals surface area contributed by atoms with Crippen LogP contribution in [0.15, 0.2) is 26.1 Å². The first kappa shape index (κ1) is 13.4. The minimum Gasteiger partial charge on any atom is -0.333 e. The summed E-state index contributed by atoms with van der Waals surface area (Å²) in [5.74, 6) is 1.81. The minimum atomic E-state index is 0.676. The molecule has 1 aliphatic heterocycles. The highest BCUT2D eigenvalue weighted by Gasteiger charge is 2.14. The molecule has 5 heteroatoms. The Balaban J connectivity index is 2.19.